The third kappa shape index (κ3) is 5.22. The molecule has 1 amide bonds. The van der Waals surface area contributed by atoms with Crippen LogP contribution in [0, 0.1) is 0 Å². The molecule has 5 heteroatoms. The van der Waals surface area contributed by atoms with Crippen LogP contribution in [0.5, 0.6) is 0 Å². The monoisotopic (exact) mass is 317 g/mol. The summed E-state index contributed by atoms with van der Waals surface area (Å²) in [5, 5.41) is 13.0. The van der Waals surface area contributed by atoms with Gasteiger partial charge in [0.25, 0.3) is 0 Å². The Hall–Kier alpha value is -1.59. The molecule has 0 bridgehead atoms. The van der Waals surface area contributed by atoms with Crippen molar-refractivity contribution in [1.82, 2.24) is 5.32 Å². The maximum atomic E-state index is 11.5. The first-order chi connectivity index (χ1) is 10.4. The largest absolute Gasteiger partial charge is 0.427 e. The molecule has 0 saturated carbocycles. The van der Waals surface area contributed by atoms with E-state index in [9.17, 15) is 9.90 Å². The first kappa shape index (κ1) is 19.5. The summed E-state index contributed by atoms with van der Waals surface area (Å²) in [4.78, 5) is 11.5. The van der Waals surface area contributed by atoms with Gasteiger partial charge in [-0.15, -0.1) is 0 Å². The predicted molar refractivity (Wildman–Crippen MR) is 96.1 cm³/mol. The van der Waals surface area contributed by atoms with Gasteiger partial charge in [-0.1, -0.05) is 36.3 Å². The third-order valence-corrected chi connectivity index (χ3v) is 4.37. The molecule has 0 heterocycles. The van der Waals surface area contributed by atoms with Crippen LogP contribution in [0.1, 0.15) is 47.1 Å². The molecule has 0 aromatic heterocycles. The Morgan fingerprint density at radius 3 is 2.13 bits per heavy atom. The zero-order valence-electron chi connectivity index (χ0n) is 15.1. The fourth-order valence-electron chi connectivity index (χ4n) is 1.89. The first-order valence-corrected chi connectivity index (χ1v) is 7.79. The Morgan fingerprint density at radius 1 is 1.17 bits per heavy atom. The summed E-state index contributed by atoms with van der Waals surface area (Å²) in [6, 6.07) is 7.88. The number of rotatable bonds is 7. The molecule has 0 fully saturated rings. The fraction of sp³-hybridized carbons (Fsp3) is 0.500. The van der Waals surface area contributed by atoms with Crippen LogP contribution in [0.15, 0.2) is 36.9 Å². The molecule has 1 rings (SSSR count). The molecule has 0 aliphatic heterocycles. The number of nitrogens with one attached hydrogen (secondary N) is 1. The van der Waals surface area contributed by atoms with Crippen LogP contribution >= 0.6 is 0 Å². The van der Waals surface area contributed by atoms with Crippen molar-refractivity contribution in [3.05, 3.63) is 42.5 Å². The molecule has 0 radical (unpaired) electrons. The number of hydrogen-bond acceptors (Lipinski definition) is 3. The fourth-order valence-corrected chi connectivity index (χ4v) is 1.89. The van der Waals surface area contributed by atoms with Gasteiger partial charge in [0.15, 0.2) is 0 Å². The summed E-state index contributed by atoms with van der Waals surface area (Å²) < 4.78 is 5.85. The van der Waals surface area contributed by atoms with Crippen LogP contribution in [-0.2, 0) is 15.0 Å². The molecule has 126 valence electrons. The third-order valence-electron chi connectivity index (χ3n) is 4.37. The molecule has 0 atom stereocenters. The van der Waals surface area contributed by atoms with Crippen molar-refractivity contribution in [2.24, 2.45) is 0 Å². The lowest BCUT2D eigenvalue weighted by atomic mass is 9.81. The first-order valence-electron chi connectivity index (χ1n) is 7.79. The smallest absolute Gasteiger partial charge is 0.309 e. The van der Waals surface area contributed by atoms with Gasteiger partial charge in [-0.3, -0.25) is 4.79 Å². The van der Waals surface area contributed by atoms with E-state index in [-0.39, 0.29) is 5.91 Å². The number of benzene rings is 1. The van der Waals surface area contributed by atoms with E-state index in [0.29, 0.717) is 7.48 Å². The Bertz CT molecular complexity index is 557. The summed E-state index contributed by atoms with van der Waals surface area (Å²) in [5.41, 5.74) is -0.0424. The Kier molecular flexibility index (Phi) is 5.83. The molecular formula is C18H28BNO3. The molecule has 0 saturated heterocycles. The Morgan fingerprint density at radius 2 is 1.70 bits per heavy atom. The normalized spacial score (nSPS) is 12.7. The quantitative estimate of drug-likeness (QED) is 0.595. The van der Waals surface area contributed by atoms with E-state index >= 15 is 0 Å². The van der Waals surface area contributed by atoms with Gasteiger partial charge >= 0.3 is 7.48 Å². The highest BCUT2D eigenvalue weighted by Gasteiger charge is 2.35. The van der Waals surface area contributed by atoms with E-state index in [1.54, 1.807) is 13.8 Å². The Labute approximate surface area is 140 Å². The van der Waals surface area contributed by atoms with Crippen LogP contribution < -0.4 is 10.8 Å². The van der Waals surface area contributed by atoms with E-state index in [0.717, 1.165) is 11.0 Å². The van der Waals surface area contributed by atoms with Crippen molar-refractivity contribution < 1.29 is 14.6 Å². The van der Waals surface area contributed by atoms with Crippen LogP contribution in [0.3, 0.4) is 0 Å². The molecule has 0 aliphatic rings. The molecular weight excluding hydrogens is 289 g/mol. The standard InChI is InChI=1S/C18H28BNO3/c1-8-15(21)20-16(2,3)13-9-11-14(12-10-13)19-23-18(6,7)17(4,5)22/h8-12,19,22H,1H2,2-7H3,(H,20,21). The van der Waals surface area contributed by atoms with E-state index in [1.165, 1.54) is 6.08 Å². The molecule has 4 nitrogen and oxygen atoms in total. The van der Waals surface area contributed by atoms with E-state index in [2.05, 4.69) is 11.9 Å². The van der Waals surface area contributed by atoms with Gasteiger partial charge in [-0.25, -0.2) is 0 Å². The van der Waals surface area contributed by atoms with Crippen LogP contribution in [0.2, 0.25) is 0 Å². The average Bonchev–Trinajstić information content (AvgIpc) is 2.44. The summed E-state index contributed by atoms with van der Waals surface area (Å²) in [6.45, 7) is 14.6. The second-order valence-electron chi connectivity index (χ2n) is 7.37. The summed E-state index contributed by atoms with van der Waals surface area (Å²) in [5.74, 6) is -0.200. The number of carbonyl (C=O) groups excluding carboxylic acids is 1. The number of hydrogen-bond donors (Lipinski definition) is 2. The molecule has 0 spiro atoms. The maximum Gasteiger partial charge on any atom is 0.309 e. The van der Waals surface area contributed by atoms with Crippen molar-refractivity contribution in [3.63, 3.8) is 0 Å². The van der Waals surface area contributed by atoms with E-state index < -0.39 is 16.7 Å². The van der Waals surface area contributed by atoms with Crippen molar-refractivity contribution in [3.8, 4) is 0 Å². The lowest BCUT2D eigenvalue weighted by Gasteiger charge is -2.37. The van der Waals surface area contributed by atoms with Gasteiger partial charge in [-0.05, 0) is 53.2 Å². The number of amides is 1. The topological polar surface area (TPSA) is 58.6 Å². The van der Waals surface area contributed by atoms with Crippen molar-refractivity contribution in [1.29, 1.82) is 0 Å². The van der Waals surface area contributed by atoms with E-state index in [1.807, 2.05) is 52.0 Å². The van der Waals surface area contributed by atoms with Crippen molar-refractivity contribution in [2.45, 2.75) is 58.3 Å². The zero-order chi connectivity index (χ0) is 17.9. The highest BCUT2D eigenvalue weighted by atomic mass is 16.5. The van der Waals surface area contributed by atoms with Crippen LogP contribution in [0.4, 0.5) is 0 Å². The Balaban J connectivity index is 2.78. The number of aliphatic hydroxyl groups is 1. The van der Waals surface area contributed by atoms with Crippen LogP contribution in [-0.4, -0.2) is 29.7 Å². The maximum absolute atomic E-state index is 11.5. The summed E-state index contributed by atoms with van der Waals surface area (Å²) in [7, 11) is 0.413. The zero-order valence-corrected chi connectivity index (χ0v) is 15.1. The van der Waals surface area contributed by atoms with Gasteiger partial charge in [0.1, 0.15) is 0 Å². The van der Waals surface area contributed by atoms with Gasteiger partial charge in [0.05, 0.1) is 16.7 Å². The second kappa shape index (κ2) is 6.89. The molecule has 1 aromatic rings. The molecule has 0 unspecified atom stereocenters. The second-order valence-corrected chi connectivity index (χ2v) is 7.37. The van der Waals surface area contributed by atoms with E-state index in [4.69, 9.17) is 4.65 Å². The molecule has 0 aliphatic carbocycles. The predicted octanol–water partition coefficient (Wildman–Crippen LogP) is 1.77. The van der Waals surface area contributed by atoms with Crippen molar-refractivity contribution in [2.75, 3.05) is 0 Å². The van der Waals surface area contributed by atoms with Crippen molar-refractivity contribution >= 4 is 18.9 Å². The van der Waals surface area contributed by atoms with Gasteiger partial charge < -0.3 is 15.1 Å². The summed E-state index contributed by atoms with van der Waals surface area (Å²) in [6.07, 6.45) is 1.27. The minimum absolute atomic E-state index is 0.200. The molecule has 2 N–H and O–H groups in total. The summed E-state index contributed by atoms with van der Waals surface area (Å²) >= 11 is 0. The minimum atomic E-state index is -0.927. The SMILES string of the molecule is C=CC(=O)NC(C)(C)c1ccc(BOC(C)(C)C(C)(C)O)cc1. The lowest BCUT2D eigenvalue weighted by Crippen LogP contribution is -2.49. The highest BCUT2D eigenvalue weighted by Crippen LogP contribution is 2.24. The minimum Gasteiger partial charge on any atom is -0.427 e. The van der Waals surface area contributed by atoms with Gasteiger partial charge in [0, 0.05) is 0 Å². The van der Waals surface area contributed by atoms with Gasteiger partial charge in [0.2, 0.25) is 5.91 Å². The molecule has 1 aromatic carbocycles. The van der Waals surface area contributed by atoms with Gasteiger partial charge in [-0.2, -0.15) is 0 Å². The molecule has 23 heavy (non-hydrogen) atoms. The number of carbonyl (C=O) groups is 1. The average molecular weight is 317 g/mol. The lowest BCUT2D eigenvalue weighted by molar-refractivity contribution is -0.118. The highest BCUT2D eigenvalue weighted by molar-refractivity contribution is 6.47. The van der Waals surface area contributed by atoms with Crippen LogP contribution in [0.25, 0.3) is 0 Å².